The summed E-state index contributed by atoms with van der Waals surface area (Å²) < 4.78 is 7.26. The molecular formula is C16H21N3O2. The SMILES string of the molecule is CCCCCOc1ccc(C(=O)Nc2ccn(C)n2)cc1. The van der Waals surface area contributed by atoms with Gasteiger partial charge in [-0.2, -0.15) is 5.10 Å². The minimum Gasteiger partial charge on any atom is -0.494 e. The Hall–Kier alpha value is -2.30. The highest BCUT2D eigenvalue weighted by Crippen LogP contribution is 2.14. The van der Waals surface area contributed by atoms with Crippen LogP contribution in [-0.4, -0.2) is 22.3 Å². The first-order valence-electron chi connectivity index (χ1n) is 7.23. The Labute approximate surface area is 124 Å². The summed E-state index contributed by atoms with van der Waals surface area (Å²) in [7, 11) is 1.81. The smallest absolute Gasteiger partial charge is 0.256 e. The third kappa shape index (κ3) is 4.63. The van der Waals surface area contributed by atoms with Crippen molar-refractivity contribution in [1.82, 2.24) is 9.78 Å². The van der Waals surface area contributed by atoms with E-state index in [1.807, 2.05) is 12.1 Å². The number of rotatable bonds is 7. The van der Waals surface area contributed by atoms with Crippen LogP contribution in [0.15, 0.2) is 36.5 Å². The molecule has 0 fully saturated rings. The van der Waals surface area contributed by atoms with E-state index in [9.17, 15) is 4.79 Å². The fourth-order valence-electron chi connectivity index (χ4n) is 1.91. The number of hydrogen-bond acceptors (Lipinski definition) is 3. The van der Waals surface area contributed by atoms with Gasteiger partial charge in [-0.05, 0) is 30.7 Å². The van der Waals surface area contributed by atoms with E-state index in [0.29, 0.717) is 18.0 Å². The molecular weight excluding hydrogens is 266 g/mol. The van der Waals surface area contributed by atoms with E-state index in [1.165, 1.54) is 12.8 Å². The van der Waals surface area contributed by atoms with Crippen molar-refractivity contribution in [3.05, 3.63) is 42.1 Å². The van der Waals surface area contributed by atoms with Gasteiger partial charge < -0.3 is 10.1 Å². The molecule has 21 heavy (non-hydrogen) atoms. The fourth-order valence-corrected chi connectivity index (χ4v) is 1.91. The summed E-state index contributed by atoms with van der Waals surface area (Å²) in [6, 6.07) is 8.91. The molecule has 2 aromatic rings. The van der Waals surface area contributed by atoms with Crippen molar-refractivity contribution in [3.8, 4) is 5.75 Å². The van der Waals surface area contributed by atoms with Crippen molar-refractivity contribution >= 4 is 11.7 Å². The van der Waals surface area contributed by atoms with Crippen LogP contribution in [0.25, 0.3) is 0 Å². The van der Waals surface area contributed by atoms with Gasteiger partial charge in [-0.1, -0.05) is 19.8 Å². The molecule has 0 aliphatic heterocycles. The maximum absolute atomic E-state index is 12.0. The number of nitrogens with one attached hydrogen (secondary N) is 1. The number of carbonyl (C=O) groups excluding carboxylic acids is 1. The minimum absolute atomic E-state index is 0.175. The Morgan fingerprint density at radius 1 is 1.24 bits per heavy atom. The summed E-state index contributed by atoms with van der Waals surface area (Å²) in [6.07, 6.45) is 5.18. The van der Waals surface area contributed by atoms with Crippen LogP contribution in [0.3, 0.4) is 0 Å². The highest BCUT2D eigenvalue weighted by Gasteiger charge is 2.07. The molecule has 1 heterocycles. The van der Waals surface area contributed by atoms with Crippen LogP contribution >= 0.6 is 0 Å². The van der Waals surface area contributed by atoms with Crippen molar-refractivity contribution in [2.24, 2.45) is 7.05 Å². The zero-order chi connectivity index (χ0) is 15.1. The van der Waals surface area contributed by atoms with Gasteiger partial charge in [0.15, 0.2) is 5.82 Å². The lowest BCUT2D eigenvalue weighted by Gasteiger charge is -2.07. The predicted octanol–water partition coefficient (Wildman–Crippen LogP) is 3.24. The monoisotopic (exact) mass is 287 g/mol. The molecule has 0 saturated carbocycles. The van der Waals surface area contributed by atoms with E-state index < -0.39 is 0 Å². The van der Waals surface area contributed by atoms with Crippen LogP contribution in [-0.2, 0) is 7.05 Å². The Morgan fingerprint density at radius 2 is 2.00 bits per heavy atom. The number of carbonyl (C=O) groups is 1. The van der Waals surface area contributed by atoms with Gasteiger partial charge >= 0.3 is 0 Å². The molecule has 1 N–H and O–H groups in total. The highest BCUT2D eigenvalue weighted by atomic mass is 16.5. The quantitative estimate of drug-likeness (QED) is 0.795. The van der Waals surface area contributed by atoms with E-state index >= 15 is 0 Å². The van der Waals surface area contributed by atoms with Crippen LogP contribution in [0.2, 0.25) is 0 Å². The number of nitrogens with zero attached hydrogens (tertiary/aromatic N) is 2. The standard InChI is InChI=1S/C16H21N3O2/c1-3-4-5-12-21-14-8-6-13(7-9-14)16(20)17-15-10-11-19(2)18-15/h6-11H,3-5,12H2,1-2H3,(H,17,18,20). The number of hydrogen-bond donors (Lipinski definition) is 1. The van der Waals surface area contributed by atoms with Gasteiger partial charge in [0.05, 0.1) is 6.61 Å². The molecule has 1 aromatic carbocycles. The number of aryl methyl sites for hydroxylation is 1. The minimum atomic E-state index is -0.175. The summed E-state index contributed by atoms with van der Waals surface area (Å²) in [6.45, 7) is 2.88. The van der Waals surface area contributed by atoms with Gasteiger partial charge in [-0.15, -0.1) is 0 Å². The zero-order valence-corrected chi connectivity index (χ0v) is 12.5. The van der Waals surface area contributed by atoms with E-state index in [2.05, 4.69) is 17.3 Å². The third-order valence-electron chi connectivity index (χ3n) is 3.09. The highest BCUT2D eigenvalue weighted by molar-refractivity contribution is 6.03. The Balaban J connectivity index is 1.87. The van der Waals surface area contributed by atoms with E-state index in [0.717, 1.165) is 12.2 Å². The Kier molecular flexibility index (Phi) is 5.37. The lowest BCUT2D eigenvalue weighted by atomic mass is 10.2. The molecule has 1 amide bonds. The predicted molar refractivity (Wildman–Crippen MR) is 82.6 cm³/mol. The lowest BCUT2D eigenvalue weighted by Crippen LogP contribution is -2.12. The molecule has 1 aromatic heterocycles. The average molecular weight is 287 g/mol. The molecule has 0 bridgehead atoms. The van der Waals surface area contributed by atoms with Crippen LogP contribution in [0, 0.1) is 0 Å². The largest absolute Gasteiger partial charge is 0.494 e. The molecule has 0 radical (unpaired) electrons. The molecule has 0 atom stereocenters. The molecule has 5 nitrogen and oxygen atoms in total. The van der Waals surface area contributed by atoms with Gasteiger partial charge in [0.25, 0.3) is 5.91 Å². The number of unbranched alkanes of at least 4 members (excludes halogenated alkanes) is 2. The average Bonchev–Trinajstić information content (AvgIpc) is 2.89. The van der Waals surface area contributed by atoms with E-state index in [-0.39, 0.29) is 5.91 Å². The lowest BCUT2D eigenvalue weighted by molar-refractivity contribution is 0.102. The van der Waals surface area contributed by atoms with Crippen LogP contribution < -0.4 is 10.1 Å². The molecule has 2 rings (SSSR count). The third-order valence-corrected chi connectivity index (χ3v) is 3.09. The summed E-state index contributed by atoms with van der Waals surface area (Å²) in [5.74, 6) is 1.16. The summed E-state index contributed by atoms with van der Waals surface area (Å²) in [5, 5.41) is 6.86. The van der Waals surface area contributed by atoms with Crippen molar-refractivity contribution in [3.63, 3.8) is 0 Å². The summed E-state index contributed by atoms with van der Waals surface area (Å²) in [5.41, 5.74) is 0.585. The molecule has 5 heteroatoms. The second kappa shape index (κ2) is 7.47. The maximum atomic E-state index is 12.0. The number of ether oxygens (including phenoxy) is 1. The van der Waals surface area contributed by atoms with Crippen molar-refractivity contribution in [2.45, 2.75) is 26.2 Å². The molecule has 0 aliphatic rings. The molecule has 0 aliphatic carbocycles. The second-order valence-corrected chi connectivity index (χ2v) is 4.91. The van der Waals surface area contributed by atoms with Gasteiger partial charge in [0.2, 0.25) is 0 Å². The first-order chi connectivity index (χ1) is 10.2. The molecule has 0 saturated heterocycles. The van der Waals surface area contributed by atoms with Crippen molar-refractivity contribution in [1.29, 1.82) is 0 Å². The summed E-state index contributed by atoms with van der Waals surface area (Å²) in [4.78, 5) is 12.0. The topological polar surface area (TPSA) is 56.1 Å². The van der Waals surface area contributed by atoms with Crippen molar-refractivity contribution < 1.29 is 9.53 Å². The number of anilines is 1. The molecule has 112 valence electrons. The number of benzene rings is 1. The first-order valence-corrected chi connectivity index (χ1v) is 7.23. The zero-order valence-electron chi connectivity index (χ0n) is 12.5. The van der Waals surface area contributed by atoms with Crippen LogP contribution in [0.5, 0.6) is 5.75 Å². The number of amides is 1. The van der Waals surface area contributed by atoms with E-state index in [4.69, 9.17) is 4.74 Å². The first kappa shape index (κ1) is 15.1. The van der Waals surface area contributed by atoms with Gasteiger partial charge in [0.1, 0.15) is 5.75 Å². The van der Waals surface area contributed by atoms with Crippen LogP contribution in [0.1, 0.15) is 36.5 Å². The normalized spacial score (nSPS) is 10.4. The van der Waals surface area contributed by atoms with Crippen molar-refractivity contribution in [2.75, 3.05) is 11.9 Å². The van der Waals surface area contributed by atoms with Gasteiger partial charge in [-0.25, -0.2) is 0 Å². The fraction of sp³-hybridized carbons (Fsp3) is 0.375. The Morgan fingerprint density at radius 3 is 2.62 bits per heavy atom. The Bertz CT molecular complexity index is 575. The van der Waals surface area contributed by atoms with Gasteiger partial charge in [-0.3, -0.25) is 9.48 Å². The van der Waals surface area contributed by atoms with Crippen LogP contribution in [0.4, 0.5) is 5.82 Å². The van der Waals surface area contributed by atoms with Gasteiger partial charge in [0, 0.05) is 24.9 Å². The number of aromatic nitrogens is 2. The molecule has 0 unspecified atom stereocenters. The maximum Gasteiger partial charge on any atom is 0.256 e. The summed E-state index contributed by atoms with van der Waals surface area (Å²) >= 11 is 0. The molecule has 0 spiro atoms. The van der Waals surface area contributed by atoms with E-state index in [1.54, 1.807) is 36.1 Å². The second-order valence-electron chi connectivity index (χ2n) is 4.91.